The van der Waals surface area contributed by atoms with E-state index in [4.69, 9.17) is 4.42 Å². The van der Waals surface area contributed by atoms with Gasteiger partial charge >= 0.3 is 5.88 Å². The molecule has 0 N–H and O–H groups in total. The normalized spacial score (nSPS) is 14.9. The molecule has 0 atom stereocenters. The summed E-state index contributed by atoms with van der Waals surface area (Å²) >= 11 is 0. The molecule has 24 heavy (non-hydrogen) atoms. The molecule has 124 valence electrons. The molecule has 2 aromatic rings. The molecule has 3 rings (SSSR count). The van der Waals surface area contributed by atoms with Gasteiger partial charge in [0.05, 0.1) is 6.07 Å². The molecule has 0 bridgehead atoms. The van der Waals surface area contributed by atoms with Crippen molar-refractivity contribution < 1.29 is 14.1 Å². The first-order valence-electron chi connectivity index (χ1n) is 7.95. The van der Waals surface area contributed by atoms with Gasteiger partial charge in [-0.25, -0.2) is 0 Å². The maximum absolute atomic E-state index is 12.2. The standard InChI is InChI=1S/C18H18N2O4/c21-17(10-8-16-9-11-18(24-16)20(22)23)14-4-6-15(7-5-14)19-12-2-1-3-13-19/h4-11H,1-3,12-13H2. The van der Waals surface area contributed by atoms with Gasteiger partial charge in [0.15, 0.2) is 5.78 Å². The molecule has 6 nitrogen and oxygen atoms in total. The number of rotatable bonds is 5. The van der Waals surface area contributed by atoms with Crippen LogP contribution in [-0.2, 0) is 0 Å². The molecule has 0 saturated carbocycles. The van der Waals surface area contributed by atoms with Crippen molar-refractivity contribution in [3.05, 3.63) is 63.9 Å². The van der Waals surface area contributed by atoms with E-state index >= 15 is 0 Å². The van der Waals surface area contributed by atoms with Crippen molar-refractivity contribution in [2.45, 2.75) is 19.3 Å². The summed E-state index contributed by atoms with van der Waals surface area (Å²) in [5.41, 5.74) is 1.71. The highest BCUT2D eigenvalue weighted by molar-refractivity contribution is 6.06. The van der Waals surface area contributed by atoms with Crippen molar-refractivity contribution in [3.8, 4) is 0 Å². The molecule has 1 aliphatic rings. The van der Waals surface area contributed by atoms with Gasteiger partial charge in [0, 0.05) is 24.3 Å². The Morgan fingerprint density at radius 2 is 1.79 bits per heavy atom. The highest BCUT2D eigenvalue weighted by atomic mass is 16.6. The number of ketones is 1. The van der Waals surface area contributed by atoms with Gasteiger partial charge in [-0.15, -0.1) is 0 Å². The quantitative estimate of drug-likeness (QED) is 0.358. The number of benzene rings is 1. The number of carbonyl (C=O) groups excluding carboxylic acids is 1. The van der Waals surface area contributed by atoms with Gasteiger partial charge in [0.1, 0.15) is 10.7 Å². The predicted molar refractivity (Wildman–Crippen MR) is 91.2 cm³/mol. The van der Waals surface area contributed by atoms with Crippen LogP contribution < -0.4 is 4.90 Å². The van der Waals surface area contributed by atoms with Crippen LogP contribution in [0.1, 0.15) is 35.4 Å². The average Bonchev–Trinajstić information content (AvgIpc) is 3.10. The minimum Gasteiger partial charge on any atom is -0.401 e. The number of allylic oxidation sites excluding steroid dienone is 1. The Morgan fingerprint density at radius 3 is 2.42 bits per heavy atom. The summed E-state index contributed by atoms with van der Waals surface area (Å²) in [6, 6.07) is 10.3. The van der Waals surface area contributed by atoms with E-state index in [-0.39, 0.29) is 17.4 Å². The van der Waals surface area contributed by atoms with Crippen LogP contribution >= 0.6 is 0 Å². The van der Waals surface area contributed by atoms with E-state index in [0.29, 0.717) is 5.56 Å². The van der Waals surface area contributed by atoms with E-state index in [0.717, 1.165) is 18.8 Å². The van der Waals surface area contributed by atoms with E-state index in [1.54, 1.807) is 12.1 Å². The van der Waals surface area contributed by atoms with Gasteiger partial charge in [0.25, 0.3) is 0 Å². The minimum absolute atomic E-state index is 0.167. The van der Waals surface area contributed by atoms with Gasteiger partial charge < -0.3 is 9.32 Å². The highest BCUT2D eigenvalue weighted by Crippen LogP contribution is 2.21. The molecule has 1 aromatic heterocycles. The van der Waals surface area contributed by atoms with Crippen LogP contribution in [0.4, 0.5) is 11.6 Å². The lowest BCUT2D eigenvalue weighted by Gasteiger charge is -2.28. The molecule has 6 heteroatoms. The van der Waals surface area contributed by atoms with Crippen LogP contribution in [0.5, 0.6) is 0 Å². The van der Waals surface area contributed by atoms with Gasteiger partial charge in [-0.3, -0.25) is 14.9 Å². The Labute approximate surface area is 139 Å². The molecule has 0 aliphatic carbocycles. The van der Waals surface area contributed by atoms with Gasteiger partial charge in [-0.05, 0) is 61.7 Å². The lowest BCUT2D eigenvalue weighted by Crippen LogP contribution is -2.29. The number of anilines is 1. The van der Waals surface area contributed by atoms with Crippen LogP contribution in [0.3, 0.4) is 0 Å². The summed E-state index contributed by atoms with van der Waals surface area (Å²) < 4.78 is 4.99. The molecule has 0 radical (unpaired) electrons. The van der Waals surface area contributed by atoms with Gasteiger partial charge in [-0.1, -0.05) is 0 Å². The molecule has 0 amide bonds. The molecule has 0 unspecified atom stereocenters. The summed E-state index contributed by atoms with van der Waals surface area (Å²) in [6.07, 6.45) is 6.49. The zero-order valence-electron chi connectivity index (χ0n) is 13.2. The number of furan rings is 1. The fraction of sp³-hybridized carbons (Fsp3) is 0.278. The maximum Gasteiger partial charge on any atom is 0.433 e. The number of hydrogen-bond donors (Lipinski definition) is 0. The van der Waals surface area contributed by atoms with Gasteiger partial charge in [-0.2, -0.15) is 0 Å². The van der Waals surface area contributed by atoms with Crippen LogP contribution in [0, 0.1) is 10.1 Å². The Kier molecular flexibility index (Phi) is 4.74. The van der Waals surface area contributed by atoms with E-state index in [2.05, 4.69) is 4.90 Å². The third kappa shape index (κ3) is 3.71. The lowest BCUT2D eigenvalue weighted by atomic mass is 10.1. The molecular weight excluding hydrogens is 308 g/mol. The summed E-state index contributed by atoms with van der Waals surface area (Å²) in [5, 5.41) is 10.6. The second kappa shape index (κ2) is 7.12. The second-order valence-corrected chi connectivity index (χ2v) is 5.73. The zero-order chi connectivity index (χ0) is 16.9. The molecule has 1 saturated heterocycles. The number of piperidine rings is 1. The second-order valence-electron chi connectivity index (χ2n) is 5.73. The predicted octanol–water partition coefficient (Wildman–Crippen LogP) is 4.07. The van der Waals surface area contributed by atoms with Crippen molar-refractivity contribution >= 4 is 23.4 Å². The Morgan fingerprint density at radius 1 is 1.08 bits per heavy atom. The Bertz CT molecular complexity index is 756. The Hall–Kier alpha value is -2.89. The number of nitrogens with zero attached hydrogens (tertiary/aromatic N) is 2. The van der Waals surface area contributed by atoms with Crippen LogP contribution in [0.25, 0.3) is 6.08 Å². The number of carbonyl (C=O) groups is 1. The first-order chi connectivity index (χ1) is 11.6. The molecular formula is C18H18N2O4. The minimum atomic E-state index is -0.613. The van der Waals surface area contributed by atoms with Crippen LogP contribution in [-0.4, -0.2) is 23.8 Å². The van der Waals surface area contributed by atoms with Crippen molar-refractivity contribution in [2.75, 3.05) is 18.0 Å². The number of nitro groups is 1. The van der Waals surface area contributed by atoms with Crippen molar-refractivity contribution in [3.63, 3.8) is 0 Å². The first kappa shape index (κ1) is 16.0. The van der Waals surface area contributed by atoms with Crippen molar-refractivity contribution in [1.82, 2.24) is 0 Å². The van der Waals surface area contributed by atoms with E-state index in [1.165, 1.54) is 43.5 Å². The monoisotopic (exact) mass is 326 g/mol. The van der Waals surface area contributed by atoms with Crippen molar-refractivity contribution in [2.24, 2.45) is 0 Å². The zero-order valence-corrected chi connectivity index (χ0v) is 13.2. The average molecular weight is 326 g/mol. The Balaban J connectivity index is 1.65. The summed E-state index contributed by atoms with van der Waals surface area (Å²) in [7, 11) is 0. The van der Waals surface area contributed by atoms with Gasteiger partial charge in [0.2, 0.25) is 0 Å². The highest BCUT2D eigenvalue weighted by Gasteiger charge is 2.12. The molecule has 1 aliphatic heterocycles. The summed E-state index contributed by atoms with van der Waals surface area (Å²) in [6.45, 7) is 2.12. The van der Waals surface area contributed by atoms with E-state index in [9.17, 15) is 14.9 Å². The summed E-state index contributed by atoms with van der Waals surface area (Å²) in [4.78, 5) is 24.4. The largest absolute Gasteiger partial charge is 0.433 e. The molecule has 2 heterocycles. The third-order valence-corrected chi connectivity index (χ3v) is 4.06. The molecule has 1 aromatic carbocycles. The third-order valence-electron chi connectivity index (χ3n) is 4.06. The van der Waals surface area contributed by atoms with E-state index < -0.39 is 4.92 Å². The smallest absolute Gasteiger partial charge is 0.401 e. The topological polar surface area (TPSA) is 76.6 Å². The lowest BCUT2D eigenvalue weighted by molar-refractivity contribution is -0.402. The van der Waals surface area contributed by atoms with Crippen molar-refractivity contribution in [1.29, 1.82) is 0 Å². The van der Waals surface area contributed by atoms with Crippen LogP contribution in [0.15, 0.2) is 46.9 Å². The summed E-state index contributed by atoms with van der Waals surface area (Å²) in [5.74, 6) is -0.229. The SMILES string of the molecule is O=C(C=Cc1ccc([N+](=O)[O-])o1)c1ccc(N2CCCCC2)cc1. The maximum atomic E-state index is 12.2. The van der Waals surface area contributed by atoms with Crippen LogP contribution in [0.2, 0.25) is 0 Å². The molecule has 0 spiro atoms. The molecule has 1 fully saturated rings. The fourth-order valence-corrected chi connectivity index (χ4v) is 2.77. The fourth-order valence-electron chi connectivity index (χ4n) is 2.77. The van der Waals surface area contributed by atoms with E-state index in [1.807, 2.05) is 12.1 Å². The first-order valence-corrected chi connectivity index (χ1v) is 7.95. The number of hydrogen-bond acceptors (Lipinski definition) is 5.